The molecule has 2 heterocycles. The Bertz CT molecular complexity index is 845. The average Bonchev–Trinajstić information content (AvgIpc) is 3.12. The summed E-state index contributed by atoms with van der Waals surface area (Å²) < 4.78 is 1.85. The Morgan fingerprint density at radius 3 is 2.87 bits per heavy atom. The van der Waals surface area contributed by atoms with Gasteiger partial charge in [-0.2, -0.15) is 0 Å². The molecule has 8 heteroatoms. The normalized spacial score (nSPS) is 12.5. The minimum Gasteiger partial charge on any atom is -0.296 e. The van der Waals surface area contributed by atoms with Crippen LogP contribution < -0.4 is 5.32 Å². The summed E-state index contributed by atoms with van der Waals surface area (Å²) in [5.41, 5.74) is 0. The summed E-state index contributed by atoms with van der Waals surface area (Å²) in [6, 6.07) is 7.71. The summed E-state index contributed by atoms with van der Waals surface area (Å²) in [6.45, 7) is 4.27. The summed E-state index contributed by atoms with van der Waals surface area (Å²) in [5.74, 6) is -0.243. The number of thiophene rings is 1. The van der Waals surface area contributed by atoms with E-state index in [-0.39, 0.29) is 5.91 Å². The van der Waals surface area contributed by atoms with Gasteiger partial charge in [0.05, 0.1) is 5.02 Å². The van der Waals surface area contributed by atoms with Crippen molar-refractivity contribution in [2.75, 3.05) is 5.32 Å². The fourth-order valence-electron chi connectivity index (χ4n) is 1.88. The maximum Gasteiger partial charge on any atom is 0.269 e. The van der Waals surface area contributed by atoms with E-state index in [2.05, 4.69) is 29.4 Å². The van der Waals surface area contributed by atoms with Crippen LogP contribution in [0.2, 0.25) is 5.02 Å². The highest BCUT2D eigenvalue weighted by Crippen LogP contribution is 2.36. The van der Waals surface area contributed by atoms with Crippen LogP contribution in [-0.4, -0.2) is 21.4 Å². The van der Waals surface area contributed by atoms with Gasteiger partial charge >= 0.3 is 0 Å². The van der Waals surface area contributed by atoms with E-state index >= 15 is 0 Å². The van der Waals surface area contributed by atoms with Crippen molar-refractivity contribution in [3.05, 3.63) is 34.2 Å². The predicted octanol–water partition coefficient (Wildman–Crippen LogP) is 5.55. The van der Waals surface area contributed by atoms with E-state index in [1.807, 2.05) is 24.3 Å². The first-order chi connectivity index (χ1) is 11.1. The molecule has 0 radical (unpaired) electrons. The van der Waals surface area contributed by atoms with E-state index < -0.39 is 0 Å². The van der Waals surface area contributed by atoms with Crippen LogP contribution in [0.1, 0.15) is 29.9 Å². The summed E-state index contributed by atoms with van der Waals surface area (Å²) in [6.07, 6.45) is 1.06. The molecular formula is C15H14ClN3OS3. The Morgan fingerprint density at radius 1 is 1.35 bits per heavy atom. The predicted molar refractivity (Wildman–Crippen MR) is 100 cm³/mol. The van der Waals surface area contributed by atoms with Crippen LogP contribution in [0.3, 0.4) is 0 Å². The number of halogens is 1. The first-order valence-electron chi connectivity index (χ1n) is 7.07. The number of hydrogen-bond acceptors (Lipinski definition) is 6. The number of nitrogens with zero attached hydrogens (tertiary/aromatic N) is 2. The lowest BCUT2D eigenvalue weighted by atomic mass is 10.2. The number of carbonyl (C=O) groups excluding carboxylic acids is 1. The maximum absolute atomic E-state index is 12.4. The van der Waals surface area contributed by atoms with Crippen LogP contribution in [-0.2, 0) is 0 Å². The van der Waals surface area contributed by atoms with Gasteiger partial charge in [-0.3, -0.25) is 10.1 Å². The highest BCUT2D eigenvalue weighted by Gasteiger charge is 2.18. The third-order valence-electron chi connectivity index (χ3n) is 3.24. The molecule has 1 aromatic carbocycles. The van der Waals surface area contributed by atoms with Gasteiger partial charge in [0.2, 0.25) is 5.13 Å². The molecule has 0 saturated carbocycles. The fourth-order valence-corrected chi connectivity index (χ4v) is 5.28. The second-order valence-electron chi connectivity index (χ2n) is 4.91. The van der Waals surface area contributed by atoms with Gasteiger partial charge in [-0.1, -0.05) is 66.7 Å². The van der Waals surface area contributed by atoms with Crippen molar-refractivity contribution in [1.82, 2.24) is 10.2 Å². The first kappa shape index (κ1) is 16.7. The highest BCUT2D eigenvalue weighted by atomic mass is 35.5. The molecule has 0 bridgehead atoms. The molecule has 1 amide bonds. The van der Waals surface area contributed by atoms with Crippen molar-refractivity contribution < 1.29 is 4.79 Å². The minimum absolute atomic E-state index is 0.243. The van der Waals surface area contributed by atoms with Crippen molar-refractivity contribution in [1.29, 1.82) is 0 Å². The van der Waals surface area contributed by atoms with Gasteiger partial charge in [-0.25, -0.2) is 0 Å². The second kappa shape index (κ2) is 7.17. The molecule has 0 saturated heterocycles. The van der Waals surface area contributed by atoms with E-state index in [0.717, 1.165) is 20.8 Å². The number of amides is 1. The molecule has 0 aliphatic heterocycles. The third kappa shape index (κ3) is 3.68. The number of carbonyl (C=O) groups is 1. The molecule has 1 unspecified atom stereocenters. The van der Waals surface area contributed by atoms with Crippen molar-refractivity contribution in [2.24, 2.45) is 0 Å². The summed E-state index contributed by atoms with van der Waals surface area (Å²) in [5, 5.41) is 13.3. The van der Waals surface area contributed by atoms with Gasteiger partial charge in [0.1, 0.15) is 4.88 Å². The zero-order chi connectivity index (χ0) is 16.4. The van der Waals surface area contributed by atoms with Crippen LogP contribution in [0.4, 0.5) is 5.13 Å². The van der Waals surface area contributed by atoms with Crippen molar-refractivity contribution in [3.8, 4) is 0 Å². The van der Waals surface area contributed by atoms with Crippen LogP contribution in [0, 0.1) is 0 Å². The molecule has 3 rings (SSSR count). The van der Waals surface area contributed by atoms with Gasteiger partial charge in [0, 0.05) is 15.3 Å². The molecule has 0 spiro atoms. The van der Waals surface area contributed by atoms with E-state index in [0.29, 0.717) is 20.3 Å². The molecule has 4 nitrogen and oxygen atoms in total. The van der Waals surface area contributed by atoms with Gasteiger partial charge in [0.25, 0.3) is 5.91 Å². The molecule has 23 heavy (non-hydrogen) atoms. The van der Waals surface area contributed by atoms with E-state index in [1.54, 1.807) is 11.8 Å². The van der Waals surface area contributed by atoms with Crippen molar-refractivity contribution >= 4 is 67.2 Å². The number of anilines is 1. The summed E-state index contributed by atoms with van der Waals surface area (Å²) in [4.78, 5) is 12.9. The molecule has 3 aromatic rings. The van der Waals surface area contributed by atoms with Crippen molar-refractivity contribution in [2.45, 2.75) is 29.9 Å². The lowest BCUT2D eigenvalue weighted by Gasteiger charge is -2.02. The third-order valence-corrected chi connectivity index (χ3v) is 7.11. The largest absolute Gasteiger partial charge is 0.296 e. The number of thioether (sulfide) groups is 1. The zero-order valence-electron chi connectivity index (χ0n) is 12.5. The molecule has 2 aromatic heterocycles. The highest BCUT2D eigenvalue weighted by molar-refractivity contribution is 8.01. The Hall–Kier alpha value is -1.15. The quantitative estimate of drug-likeness (QED) is 0.463. The van der Waals surface area contributed by atoms with Crippen LogP contribution in [0.25, 0.3) is 10.1 Å². The Balaban J connectivity index is 1.77. The lowest BCUT2D eigenvalue weighted by Crippen LogP contribution is -2.10. The van der Waals surface area contributed by atoms with Crippen LogP contribution in [0.15, 0.2) is 28.6 Å². The minimum atomic E-state index is -0.243. The fraction of sp³-hybridized carbons (Fsp3) is 0.267. The monoisotopic (exact) mass is 383 g/mol. The van der Waals surface area contributed by atoms with E-state index in [1.165, 1.54) is 22.7 Å². The lowest BCUT2D eigenvalue weighted by molar-refractivity contribution is 0.103. The molecule has 0 aliphatic rings. The molecule has 0 aliphatic carbocycles. The van der Waals surface area contributed by atoms with Gasteiger partial charge in [-0.05, 0) is 12.5 Å². The van der Waals surface area contributed by atoms with E-state index in [9.17, 15) is 4.79 Å². The number of benzene rings is 1. The average molecular weight is 384 g/mol. The molecule has 1 N–H and O–H groups in total. The first-order valence-corrected chi connectivity index (χ1v) is 9.96. The number of aromatic nitrogens is 2. The van der Waals surface area contributed by atoms with Crippen molar-refractivity contribution in [3.63, 3.8) is 0 Å². The zero-order valence-corrected chi connectivity index (χ0v) is 15.7. The number of fused-ring (bicyclic) bond motifs is 1. The van der Waals surface area contributed by atoms with Gasteiger partial charge in [-0.15, -0.1) is 21.5 Å². The van der Waals surface area contributed by atoms with Crippen LogP contribution >= 0.6 is 46.0 Å². The van der Waals surface area contributed by atoms with Gasteiger partial charge < -0.3 is 0 Å². The Kier molecular flexibility index (Phi) is 5.21. The molecule has 120 valence electrons. The Labute approximate surface area is 151 Å². The molecular weight excluding hydrogens is 370 g/mol. The summed E-state index contributed by atoms with van der Waals surface area (Å²) >= 11 is 10.8. The smallest absolute Gasteiger partial charge is 0.269 e. The Morgan fingerprint density at radius 2 is 2.13 bits per heavy atom. The molecule has 1 atom stereocenters. The maximum atomic E-state index is 12.4. The SMILES string of the molecule is CCC(C)Sc1nnc(NC(=O)c2sc3ccccc3c2Cl)s1. The summed E-state index contributed by atoms with van der Waals surface area (Å²) in [7, 11) is 0. The number of rotatable bonds is 5. The number of hydrogen-bond donors (Lipinski definition) is 1. The standard InChI is InChI=1S/C15H14ClN3OS3/c1-3-8(2)21-15-19-18-14(23-15)17-13(20)12-11(16)9-6-4-5-7-10(9)22-12/h4-8H,3H2,1-2H3,(H,17,18,20). The number of nitrogens with one attached hydrogen (secondary N) is 1. The van der Waals surface area contributed by atoms with E-state index in [4.69, 9.17) is 11.6 Å². The topological polar surface area (TPSA) is 54.9 Å². The second-order valence-corrected chi connectivity index (χ2v) is 9.00. The van der Waals surface area contributed by atoms with Crippen LogP contribution in [0.5, 0.6) is 0 Å². The van der Waals surface area contributed by atoms with Gasteiger partial charge in [0.15, 0.2) is 4.34 Å². The molecule has 0 fully saturated rings.